The Bertz CT molecular complexity index is 639. The Labute approximate surface area is 122 Å². The Kier molecular flexibility index (Phi) is 3.24. The quantitative estimate of drug-likeness (QED) is 0.891. The van der Waals surface area contributed by atoms with E-state index in [1.807, 2.05) is 49.4 Å². The second-order valence-corrected chi connectivity index (χ2v) is 5.39. The molecule has 4 heteroatoms. The molecule has 2 unspecified atom stereocenters. The molecule has 2 atom stereocenters. The van der Waals surface area contributed by atoms with E-state index < -0.39 is 5.60 Å². The van der Waals surface area contributed by atoms with Gasteiger partial charge in [-0.25, -0.2) is 0 Å². The molecule has 20 heavy (non-hydrogen) atoms. The smallest absolute Gasteiger partial charge is 0.155 e. The Hall–Kier alpha value is -1.84. The normalized spacial score (nSPS) is 25.1. The van der Waals surface area contributed by atoms with Crippen LogP contribution in [0, 0.1) is 0 Å². The number of benzene rings is 2. The Morgan fingerprint density at radius 1 is 1.10 bits per heavy atom. The van der Waals surface area contributed by atoms with Gasteiger partial charge in [-0.2, -0.15) is 5.10 Å². The summed E-state index contributed by atoms with van der Waals surface area (Å²) in [5.41, 5.74) is 4.14. The third kappa shape index (κ3) is 1.99. The van der Waals surface area contributed by atoms with Gasteiger partial charge >= 0.3 is 0 Å². The predicted molar refractivity (Wildman–Crippen MR) is 80.9 cm³/mol. The molecule has 0 saturated carbocycles. The van der Waals surface area contributed by atoms with Crippen LogP contribution in [0.15, 0.2) is 59.7 Å². The molecule has 2 aromatic carbocycles. The van der Waals surface area contributed by atoms with Gasteiger partial charge in [0, 0.05) is 10.6 Å². The molecule has 0 aromatic heterocycles. The number of hydrogen-bond donors (Lipinski definition) is 2. The summed E-state index contributed by atoms with van der Waals surface area (Å²) in [5.74, 6) is 0. The summed E-state index contributed by atoms with van der Waals surface area (Å²) in [6, 6.07) is 16.7. The largest absolute Gasteiger partial charge is 0.376 e. The zero-order valence-electron chi connectivity index (χ0n) is 11.0. The lowest BCUT2D eigenvalue weighted by atomic mass is 9.81. The third-order valence-corrected chi connectivity index (χ3v) is 3.94. The van der Waals surface area contributed by atoms with E-state index in [4.69, 9.17) is 11.6 Å². The maximum Gasteiger partial charge on any atom is 0.155 e. The van der Waals surface area contributed by atoms with E-state index in [1.54, 1.807) is 12.1 Å². The van der Waals surface area contributed by atoms with Crippen molar-refractivity contribution in [2.24, 2.45) is 5.10 Å². The minimum atomic E-state index is -1.14. The van der Waals surface area contributed by atoms with Gasteiger partial charge in [0.1, 0.15) is 5.71 Å². The molecule has 0 radical (unpaired) electrons. The van der Waals surface area contributed by atoms with Crippen LogP contribution in [0.3, 0.4) is 0 Å². The summed E-state index contributed by atoms with van der Waals surface area (Å²) >= 11 is 5.92. The van der Waals surface area contributed by atoms with Crippen LogP contribution in [-0.2, 0) is 5.60 Å². The standard InChI is InChI=1S/C16H15ClN2O/c1-11-16(20,13-5-3-2-4-6-13)15(19-18-11)12-7-9-14(17)10-8-12/h2-11,18,20H,1H3. The number of rotatable bonds is 2. The van der Waals surface area contributed by atoms with Gasteiger partial charge in [0.15, 0.2) is 5.60 Å². The monoisotopic (exact) mass is 286 g/mol. The summed E-state index contributed by atoms with van der Waals surface area (Å²) in [4.78, 5) is 0. The molecule has 1 aliphatic heterocycles. The third-order valence-electron chi connectivity index (χ3n) is 3.69. The van der Waals surface area contributed by atoms with Crippen LogP contribution in [0.2, 0.25) is 5.02 Å². The minimum Gasteiger partial charge on any atom is -0.376 e. The zero-order valence-corrected chi connectivity index (χ0v) is 11.8. The van der Waals surface area contributed by atoms with Gasteiger partial charge < -0.3 is 10.5 Å². The molecule has 3 rings (SSSR count). The van der Waals surface area contributed by atoms with E-state index in [-0.39, 0.29) is 6.04 Å². The Balaban J connectivity index is 2.09. The van der Waals surface area contributed by atoms with Crippen molar-refractivity contribution >= 4 is 17.3 Å². The molecular weight excluding hydrogens is 272 g/mol. The highest BCUT2D eigenvalue weighted by Gasteiger charge is 2.45. The maximum absolute atomic E-state index is 11.2. The summed E-state index contributed by atoms with van der Waals surface area (Å²) in [5, 5.41) is 16.2. The van der Waals surface area contributed by atoms with Crippen LogP contribution in [0.25, 0.3) is 0 Å². The van der Waals surface area contributed by atoms with Crippen molar-refractivity contribution in [1.29, 1.82) is 0 Å². The van der Waals surface area contributed by atoms with E-state index in [0.29, 0.717) is 10.7 Å². The first-order valence-electron chi connectivity index (χ1n) is 6.50. The molecule has 3 nitrogen and oxygen atoms in total. The second kappa shape index (κ2) is 4.93. The van der Waals surface area contributed by atoms with Crippen molar-refractivity contribution in [3.8, 4) is 0 Å². The van der Waals surface area contributed by atoms with E-state index in [9.17, 15) is 5.11 Å². The molecule has 0 fully saturated rings. The fourth-order valence-electron chi connectivity index (χ4n) is 2.52. The molecule has 102 valence electrons. The highest BCUT2D eigenvalue weighted by atomic mass is 35.5. The van der Waals surface area contributed by atoms with Gasteiger partial charge in [0.25, 0.3) is 0 Å². The van der Waals surface area contributed by atoms with Crippen LogP contribution >= 0.6 is 11.6 Å². The van der Waals surface area contributed by atoms with Gasteiger partial charge in [0.05, 0.1) is 6.04 Å². The second-order valence-electron chi connectivity index (χ2n) is 4.95. The van der Waals surface area contributed by atoms with E-state index in [0.717, 1.165) is 11.1 Å². The van der Waals surface area contributed by atoms with E-state index in [2.05, 4.69) is 10.5 Å². The van der Waals surface area contributed by atoms with Gasteiger partial charge in [-0.15, -0.1) is 0 Å². The molecular formula is C16H15ClN2O. The molecule has 2 aromatic rings. The molecule has 0 aliphatic carbocycles. The van der Waals surface area contributed by atoms with Gasteiger partial charge in [-0.3, -0.25) is 0 Å². The summed E-state index contributed by atoms with van der Waals surface area (Å²) in [7, 11) is 0. The first-order valence-corrected chi connectivity index (χ1v) is 6.87. The Morgan fingerprint density at radius 3 is 2.40 bits per heavy atom. The number of nitrogens with one attached hydrogen (secondary N) is 1. The van der Waals surface area contributed by atoms with Crippen LogP contribution in [0.1, 0.15) is 18.1 Å². The fraction of sp³-hybridized carbons (Fsp3) is 0.188. The predicted octanol–water partition coefficient (Wildman–Crippen LogP) is 2.92. The van der Waals surface area contributed by atoms with E-state index in [1.165, 1.54) is 0 Å². The molecule has 1 heterocycles. The molecule has 1 aliphatic rings. The molecule has 2 N–H and O–H groups in total. The number of nitrogens with zero attached hydrogens (tertiary/aromatic N) is 1. The lowest BCUT2D eigenvalue weighted by Crippen LogP contribution is -2.44. The zero-order chi connectivity index (χ0) is 14.2. The molecule has 0 bridgehead atoms. The molecule has 0 saturated heterocycles. The first-order chi connectivity index (χ1) is 9.62. The lowest BCUT2D eigenvalue weighted by molar-refractivity contribution is 0.0874. The summed E-state index contributed by atoms with van der Waals surface area (Å²) < 4.78 is 0. The highest BCUT2D eigenvalue weighted by molar-refractivity contribution is 6.30. The number of aliphatic hydroxyl groups is 1. The molecule has 0 amide bonds. The highest BCUT2D eigenvalue weighted by Crippen LogP contribution is 2.33. The van der Waals surface area contributed by atoms with Crippen LogP contribution in [0.5, 0.6) is 0 Å². The van der Waals surface area contributed by atoms with Gasteiger partial charge in [-0.1, -0.05) is 54.1 Å². The SMILES string of the molecule is CC1NN=C(c2ccc(Cl)cc2)C1(O)c1ccccc1. The first kappa shape index (κ1) is 13.2. The van der Waals surface area contributed by atoms with Crippen molar-refractivity contribution < 1.29 is 5.11 Å². The maximum atomic E-state index is 11.2. The summed E-state index contributed by atoms with van der Waals surface area (Å²) in [6.07, 6.45) is 0. The van der Waals surface area contributed by atoms with Crippen molar-refractivity contribution in [1.82, 2.24) is 5.43 Å². The number of halogens is 1. The number of hydrazone groups is 1. The fourth-order valence-corrected chi connectivity index (χ4v) is 2.64. The Morgan fingerprint density at radius 2 is 1.75 bits per heavy atom. The van der Waals surface area contributed by atoms with Gasteiger partial charge in [-0.05, 0) is 24.6 Å². The summed E-state index contributed by atoms with van der Waals surface area (Å²) in [6.45, 7) is 1.92. The van der Waals surface area contributed by atoms with E-state index >= 15 is 0 Å². The lowest BCUT2D eigenvalue weighted by Gasteiger charge is -2.29. The van der Waals surface area contributed by atoms with Crippen molar-refractivity contribution in [3.63, 3.8) is 0 Å². The molecule has 0 spiro atoms. The average Bonchev–Trinajstić information content (AvgIpc) is 2.78. The topological polar surface area (TPSA) is 44.6 Å². The van der Waals surface area contributed by atoms with Crippen molar-refractivity contribution in [2.45, 2.75) is 18.6 Å². The average molecular weight is 287 g/mol. The van der Waals surface area contributed by atoms with Gasteiger partial charge in [0.2, 0.25) is 0 Å². The number of hydrogen-bond acceptors (Lipinski definition) is 3. The van der Waals surface area contributed by atoms with Crippen LogP contribution in [0.4, 0.5) is 0 Å². The van der Waals surface area contributed by atoms with Crippen LogP contribution < -0.4 is 5.43 Å². The van der Waals surface area contributed by atoms with Crippen LogP contribution in [-0.4, -0.2) is 16.9 Å². The van der Waals surface area contributed by atoms with Crippen molar-refractivity contribution in [3.05, 3.63) is 70.7 Å². The van der Waals surface area contributed by atoms with Crippen molar-refractivity contribution in [2.75, 3.05) is 0 Å². The minimum absolute atomic E-state index is 0.199.